The Hall–Kier alpha value is -1.87. The minimum Gasteiger partial charge on any atom is -0.491 e. The molecule has 0 unspecified atom stereocenters. The maximum atomic E-state index is 6.28. The molecule has 0 atom stereocenters. The maximum absolute atomic E-state index is 6.28. The van der Waals surface area contributed by atoms with Gasteiger partial charge in [-0.1, -0.05) is 32.0 Å². The van der Waals surface area contributed by atoms with Crippen LogP contribution in [0.25, 0.3) is 11.3 Å². The molecule has 0 spiro atoms. The molecule has 1 aromatic carbocycles. The molecular formula is C24H34N2O. The Morgan fingerprint density at radius 1 is 1.07 bits per heavy atom. The third-order valence-electron chi connectivity index (χ3n) is 5.49. The minimum atomic E-state index is 0.157. The number of rotatable bonds is 7. The molecule has 3 heteroatoms. The molecule has 1 fully saturated rings. The fourth-order valence-corrected chi connectivity index (χ4v) is 4.09. The van der Waals surface area contributed by atoms with Crippen LogP contribution >= 0.6 is 0 Å². The fourth-order valence-electron chi connectivity index (χ4n) is 4.09. The summed E-state index contributed by atoms with van der Waals surface area (Å²) >= 11 is 0. The Bertz CT molecular complexity index is 754. The first-order valence-corrected chi connectivity index (χ1v) is 10.5. The number of hydrogen-bond acceptors (Lipinski definition) is 3. The monoisotopic (exact) mass is 366 g/mol. The lowest BCUT2D eigenvalue weighted by atomic mass is 9.94. The van der Waals surface area contributed by atoms with E-state index in [1.165, 1.54) is 48.2 Å². The van der Waals surface area contributed by atoms with Crippen molar-refractivity contribution in [1.29, 1.82) is 0 Å². The number of nitrogens with zero attached hydrogens (tertiary/aromatic N) is 2. The van der Waals surface area contributed by atoms with Crippen molar-refractivity contribution < 1.29 is 4.74 Å². The van der Waals surface area contributed by atoms with Crippen LogP contribution in [0.1, 0.15) is 62.9 Å². The standard InChI is InChI=1S/C24H34N2O/c1-6-19-11-10-12-20(7-2)24(19)22-15-23(27-17(3)4)21(18(5)25-22)16-26-13-8-9-14-26/h10-12,15,17H,6-9,13-14,16H2,1-5H3. The maximum Gasteiger partial charge on any atom is 0.128 e. The summed E-state index contributed by atoms with van der Waals surface area (Å²) in [5.41, 5.74) is 7.44. The van der Waals surface area contributed by atoms with Crippen LogP contribution in [0.15, 0.2) is 24.3 Å². The second-order valence-corrected chi connectivity index (χ2v) is 7.88. The Morgan fingerprint density at radius 3 is 2.26 bits per heavy atom. The average molecular weight is 367 g/mol. The Balaban J connectivity index is 2.09. The van der Waals surface area contributed by atoms with E-state index in [9.17, 15) is 0 Å². The number of aromatic nitrogens is 1. The molecule has 3 rings (SSSR count). The summed E-state index contributed by atoms with van der Waals surface area (Å²) in [6, 6.07) is 8.81. The number of likely N-dealkylation sites (tertiary alicyclic amines) is 1. The lowest BCUT2D eigenvalue weighted by Crippen LogP contribution is -2.21. The first-order chi connectivity index (χ1) is 13.0. The van der Waals surface area contributed by atoms with Crippen LogP contribution in [0.5, 0.6) is 5.75 Å². The zero-order valence-electron chi connectivity index (χ0n) is 17.6. The van der Waals surface area contributed by atoms with E-state index in [0.29, 0.717) is 0 Å². The predicted molar refractivity (Wildman–Crippen MR) is 113 cm³/mol. The van der Waals surface area contributed by atoms with Gasteiger partial charge in [-0.3, -0.25) is 9.88 Å². The van der Waals surface area contributed by atoms with Crippen LogP contribution in [0.4, 0.5) is 0 Å². The Kier molecular flexibility index (Phi) is 6.54. The van der Waals surface area contributed by atoms with Crippen LogP contribution in [0.2, 0.25) is 0 Å². The number of ether oxygens (including phenoxy) is 1. The van der Waals surface area contributed by atoms with Gasteiger partial charge in [0, 0.05) is 29.4 Å². The van der Waals surface area contributed by atoms with Crippen LogP contribution in [-0.4, -0.2) is 29.1 Å². The molecule has 27 heavy (non-hydrogen) atoms. The molecule has 2 heterocycles. The molecule has 0 N–H and O–H groups in total. The molecule has 1 aliphatic heterocycles. The van der Waals surface area contributed by atoms with E-state index in [1.807, 2.05) is 0 Å². The van der Waals surface area contributed by atoms with Crippen LogP contribution < -0.4 is 4.74 Å². The molecular weight excluding hydrogens is 332 g/mol. The molecule has 2 aromatic rings. The second kappa shape index (κ2) is 8.88. The van der Waals surface area contributed by atoms with Gasteiger partial charge < -0.3 is 4.74 Å². The molecule has 1 saturated heterocycles. The second-order valence-electron chi connectivity index (χ2n) is 7.88. The first-order valence-electron chi connectivity index (χ1n) is 10.5. The van der Waals surface area contributed by atoms with E-state index in [2.05, 4.69) is 63.8 Å². The molecule has 0 bridgehead atoms. The first kappa shape index (κ1) is 19.9. The van der Waals surface area contributed by atoms with Gasteiger partial charge in [0.15, 0.2) is 0 Å². The summed E-state index contributed by atoms with van der Waals surface area (Å²) in [4.78, 5) is 7.59. The van der Waals surface area contributed by atoms with Gasteiger partial charge in [0.05, 0.1) is 11.8 Å². The van der Waals surface area contributed by atoms with Crippen LogP contribution in [0, 0.1) is 6.92 Å². The Morgan fingerprint density at radius 2 is 1.70 bits per heavy atom. The molecule has 0 radical (unpaired) electrons. The van der Waals surface area contributed by atoms with E-state index in [0.717, 1.165) is 36.5 Å². The van der Waals surface area contributed by atoms with Crippen molar-refractivity contribution in [2.24, 2.45) is 0 Å². The quantitative estimate of drug-likeness (QED) is 0.641. The van der Waals surface area contributed by atoms with Gasteiger partial charge in [-0.05, 0) is 70.7 Å². The topological polar surface area (TPSA) is 25.4 Å². The van der Waals surface area contributed by atoms with E-state index >= 15 is 0 Å². The van der Waals surface area contributed by atoms with E-state index in [1.54, 1.807) is 0 Å². The van der Waals surface area contributed by atoms with E-state index < -0.39 is 0 Å². The van der Waals surface area contributed by atoms with E-state index in [4.69, 9.17) is 9.72 Å². The summed E-state index contributed by atoms with van der Waals surface area (Å²) in [5.74, 6) is 1.01. The smallest absolute Gasteiger partial charge is 0.128 e. The highest BCUT2D eigenvalue weighted by Crippen LogP contribution is 2.34. The van der Waals surface area contributed by atoms with Gasteiger partial charge in [0.2, 0.25) is 0 Å². The number of aryl methyl sites for hydroxylation is 3. The van der Waals surface area contributed by atoms with Gasteiger partial charge in [0.25, 0.3) is 0 Å². The molecule has 1 aliphatic rings. The van der Waals surface area contributed by atoms with Crippen molar-refractivity contribution >= 4 is 0 Å². The predicted octanol–water partition coefficient (Wildman–Crippen LogP) is 5.56. The number of pyridine rings is 1. The van der Waals surface area contributed by atoms with Crippen molar-refractivity contribution in [3.8, 4) is 17.0 Å². The number of hydrogen-bond donors (Lipinski definition) is 0. The molecule has 3 nitrogen and oxygen atoms in total. The lowest BCUT2D eigenvalue weighted by molar-refractivity contribution is 0.233. The van der Waals surface area contributed by atoms with Gasteiger partial charge in [-0.2, -0.15) is 0 Å². The highest BCUT2D eigenvalue weighted by molar-refractivity contribution is 5.70. The average Bonchev–Trinajstić information content (AvgIpc) is 3.16. The van der Waals surface area contributed by atoms with Crippen LogP contribution in [-0.2, 0) is 19.4 Å². The molecule has 1 aromatic heterocycles. The molecule has 0 amide bonds. The van der Waals surface area contributed by atoms with Gasteiger partial charge in [0.1, 0.15) is 5.75 Å². The van der Waals surface area contributed by atoms with Crippen molar-refractivity contribution in [1.82, 2.24) is 9.88 Å². The SMILES string of the molecule is CCc1cccc(CC)c1-c1cc(OC(C)C)c(CN2CCCC2)c(C)n1. The van der Waals surface area contributed by atoms with E-state index in [-0.39, 0.29) is 6.10 Å². The van der Waals surface area contributed by atoms with Gasteiger partial charge in [-0.15, -0.1) is 0 Å². The summed E-state index contributed by atoms with van der Waals surface area (Å²) < 4.78 is 6.28. The number of benzene rings is 1. The molecule has 146 valence electrons. The van der Waals surface area contributed by atoms with Gasteiger partial charge >= 0.3 is 0 Å². The summed E-state index contributed by atoms with van der Waals surface area (Å²) in [6.07, 6.45) is 4.78. The minimum absolute atomic E-state index is 0.157. The highest BCUT2D eigenvalue weighted by atomic mass is 16.5. The lowest BCUT2D eigenvalue weighted by Gasteiger charge is -2.22. The zero-order chi connectivity index (χ0) is 19.4. The summed E-state index contributed by atoms with van der Waals surface area (Å²) in [5, 5.41) is 0. The third-order valence-corrected chi connectivity index (χ3v) is 5.49. The van der Waals surface area contributed by atoms with Crippen molar-refractivity contribution in [2.75, 3.05) is 13.1 Å². The van der Waals surface area contributed by atoms with Crippen molar-refractivity contribution in [3.63, 3.8) is 0 Å². The Labute approximate surface area is 164 Å². The van der Waals surface area contributed by atoms with Crippen LogP contribution in [0.3, 0.4) is 0 Å². The van der Waals surface area contributed by atoms with Crippen molar-refractivity contribution in [2.45, 2.75) is 73.0 Å². The highest BCUT2D eigenvalue weighted by Gasteiger charge is 2.20. The van der Waals surface area contributed by atoms with Crippen molar-refractivity contribution in [3.05, 3.63) is 46.6 Å². The molecule has 0 saturated carbocycles. The van der Waals surface area contributed by atoms with Gasteiger partial charge in [-0.25, -0.2) is 0 Å². The zero-order valence-corrected chi connectivity index (χ0v) is 17.6. The summed E-state index contributed by atoms with van der Waals surface area (Å²) in [6.45, 7) is 14.1. The normalized spacial score (nSPS) is 14.9. The largest absolute Gasteiger partial charge is 0.491 e. The fraction of sp³-hybridized carbons (Fsp3) is 0.542. The third kappa shape index (κ3) is 4.52. The molecule has 0 aliphatic carbocycles. The summed E-state index contributed by atoms with van der Waals surface area (Å²) in [7, 11) is 0.